The van der Waals surface area contributed by atoms with Crippen LogP contribution in [0.1, 0.15) is 27.8 Å². The standard InChI is InChI=1S/C25H24F2O3/c1-15-11-20(19-5-4-6-21(26)13-19)12-18(16(15)2)7-8-22-17(3)24(10-9-23(22)27)30-14-25(28)29/h4-6,9-13H,7-8,14H2,1-3H3,(H,28,29). The maximum Gasteiger partial charge on any atom is 0.341 e. The molecule has 0 fully saturated rings. The minimum atomic E-state index is -1.08. The molecule has 1 N–H and O–H groups in total. The van der Waals surface area contributed by atoms with E-state index in [4.69, 9.17) is 9.84 Å². The van der Waals surface area contributed by atoms with Crippen LogP contribution in [0.4, 0.5) is 8.78 Å². The average Bonchev–Trinajstić information content (AvgIpc) is 2.70. The normalized spacial score (nSPS) is 10.8. The third-order valence-corrected chi connectivity index (χ3v) is 5.42. The van der Waals surface area contributed by atoms with E-state index in [1.165, 1.54) is 24.3 Å². The van der Waals surface area contributed by atoms with Crippen molar-refractivity contribution in [2.45, 2.75) is 33.6 Å². The Morgan fingerprint density at radius 3 is 2.40 bits per heavy atom. The Morgan fingerprint density at radius 1 is 0.933 bits per heavy atom. The van der Waals surface area contributed by atoms with Crippen LogP contribution in [-0.4, -0.2) is 17.7 Å². The van der Waals surface area contributed by atoms with Crippen molar-refractivity contribution in [3.63, 3.8) is 0 Å². The summed E-state index contributed by atoms with van der Waals surface area (Å²) in [6, 6.07) is 13.3. The molecule has 0 unspecified atom stereocenters. The Labute approximate surface area is 175 Å². The summed E-state index contributed by atoms with van der Waals surface area (Å²) in [5, 5.41) is 8.81. The molecule has 0 saturated heterocycles. The number of aliphatic carboxylic acids is 1. The molecule has 0 aromatic heterocycles. The number of aryl methyl sites for hydroxylation is 2. The summed E-state index contributed by atoms with van der Waals surface area (Å²) in [4.78, 5) is 10.8. The summed E-state index contributed by atoms with van der Waals surface area (Å²) in [6.45, 7) is 5.29. The van der Waals surface area contributed by atoms with Crippen LogP contribution in [0.25, 0.3) is 11.1 Å². The Hall–Kier alpha value is -3.21. The van der Waals surface area contributed by atoms with E-state index in [0.29, 0.717) is 29.7 Å². The van der Waals surface area contributed by atoms with Crippen molar-refractivity contribution in [1.29, 1.82) is 0 Å². The zero-order chi connectivity index (χ0) is 21.8. The first-order valence-corrected chi connectivity index (χ1v) is 9.75. The largest absolute Gasteiger partial charge is 0.482 e. The number of halogens is 2. The molecule has 0 amide bonds. The molecule has 3 aromatic rings. The first-order chi connectivity index (χ1) is 14.3. The molecule has 3 nitrogen and oxygen atoms in total. The van der Waals surface area contributed by atoms with Gasteiger partial charge in [-0.3, -0.25) is 0 Å². The quantitative estimate of drug-likeness (QED) is 0.535. The highest BCUT2D eigenvalue weighted by atomic mass is 19.1. The third-order valence-electron chi connectivity index (χ3n) is 5.42. The van der Waals surface area contributed by atoms with Crippen molar-refractivity contribution < 1.29 is 23.4 Å². The highest BCUT2D eigenvalue weighted by Gasteiger charge is 2.14. The van der Waals surface area contributed by atoms with E-state index >= 15 is 0 Å². The second kappa shape index (κ2) is 9.08. The molecule has 0 bridgehead atoms. The van der Waals surface area contributed by atoms with Gasteiger partial charge in [-0.05, 0) is 96.8 Å². The number of carboxylic acids is 1. The van der Waals surface area contributed by atoms with Gasteiger partial charge < -0.3 is 9.84 Å². The van der Waals surface area contributed by atoms with Crippen LogP contribution in [-0.2, 0) is 17.6 Å². The molecule has 0 heterocycles. The number of benzene rings is 3. The van der Waals surface area contributed by atoms with E-state index < -0.39 is 12.6 Å². The lowest BCUT2D eigenvalue weighted by molar-refractivity contribution is -0.139. The molecular weight excluding hydrogens is 386 g/mol. The lowest BCUT2D eigenvalue weighted by Crippen LogP contribution is -2.11. The Kier molecular flexibility index (Phi) is 6.50. The van der Waals surface area contributed by atoms with Crippen molar-refractivity contribution in [3.8, 4) is 16.9 Å². The molecule has 0 aliphatic carbocycles. The molecule has 0 atom stereocenters. The number of hydrogen-bond donors (Lipinski definition) is 1. The van der Waals surface area contributed by atoms with Gasteiger partial charge in [-0.15, -0.1) is 0 Å². The Morgan fingerprint density at radius 2 is 1.70 bits per heavy atom. The van der Waals surface area contributed by atoms with Crippen LogP contribution in [0.5, 0.6) is 5.75 Å². The van der Waals surface area contributed by atoms with Gasteiger partial charge >= 0.3 is 5.97 Å². The topological polar surface area (TPSA) is 46.5 Å². The Balaban J connectivity index is 1.89. The van der Waals surface area contributed by atoms with Gasteiger partial charge in [0.2, 0.25) is 0 Å². The van der Waals surface area contributed by atoms with Gasteiger partial charge in [0.1, 0.15) is 17.4 Å². The van der Waals surface area contributed by atoms with E-state index in [2.05, 4.69) is 0 Å². The lowest BCUT2D eigenvalue weighted by atomic mass is 9.91. The molecule has 3 rings (SSSR count). The van der Waals surface area contributed by atoms with Crippen molar-refractivity contribution in [2.24, 2.45) is 0 Å². The number of ether oxygens (including phenoxy) is 1. The summed E-state index contributed by atoms with van der Waals surface area (Å²) < 4.78 is 33.4. The summed E-state index contributed by atoms with van der Waals surface area (Å²) in [5.74, 6) is -1.34. The van der Waals surface area contributed by atoms with Gasteiger partial charge in [0.15, 0.2) is 6.61 Å². The molecule has 0 spiro atoms. The molecule has 0 radical (unpaired) electrons. The molecule has 156 valence electrons. The summed E-state index contributed by atoms with van der Waals surface area (Å²) in [5.41, 5.74) is 6.09. The summed E-state index contributed by atoms with van der Waals surface area (Å²) in [6.07, 6.45) is 1.03. The first-order valence-electron chi connectivity index (χ1n) is 9.75. The van der Waals surface area contributed by atoms with E-state index in [0.717, 1.165) is 27.8 Å². The summed E-state index contributed by atoms with van der Waals surface area (Å²) in [7, 11) is 0. The van der Waals surface area contributed by atoms with Gasteiger partial charge in [0.05, 0.1) is 0 Å². The monoisotopic (exact) mass is 410 g/mol. The van der Waals surface area contributed by atoms with Crippen molar-refractivity contribution in [2.75, 3.05) is 6.61 Å². The second-order valence-electron chi connectivity index (χ2n) is 7.42. The van der Waals surface area contributed by atoms with E-state index in [1.54, 1.807) is 13.0 Å². The van der Waals surface area contributed by atoms with E-state index in [1.807, 2.05) is 32.0 Å². The zero-order valence-corrected chi connectivity index (χ0v) is 17.3. The van der Waals surface area contributed by atoms with Gasteiger partial charge in [-0.1, -0.05) is 24.3 Å². The van der Waals surface area contributed by atoms with Crippen molar-refractivity contribution in [1.82, 2.24) is 0 Å². The van der Waals surface area contributed by atoms with Crippen LogP contribution < -0.4 is 4.74 Å². The van der Waals surface area contributed by atoms with E-state index in [-0.39, 0.29) is 11.6 Å². The van der Waals surface area contributed by atoms with E-state index in [9.17, 15) is 13.6 Å². The minimum absolute atomic E-state index is 0.289. The highest BCUT2D eigenvalue weighted by molar-refractivity contribution is 5.68. The van der Waals surface area contributed by atoms with Crippen molar-refractivity contribution in [3.05, 3.63) is 88.0 Å². The molecule has 5 heteroatoms. The predicted molar refractivity (Wildman–Crippen MR) is 113 cm³/mol. The van der Waals surface area contributed by atoms with Gasteiger partial charge in [0.25, 0.3) is 0 Å². The smallest absolute Gasteiger partial charge is 0.341 e. The number of hydrogen-bond acceptors (Lipinski definition) is 2. The van der Waals surface area contributed by atoms with Crippen LogP contribution in [0.2, 0.25) is 0 Å². The predicted octanol–water partition coefficient (Wildman–Crippen LogP) is 5.81. The maximum absolute atomic E-state index is 14.5. The highest BCUT2D eigenvalue weighted by Crippen LogP contribution is 2.29. The number of carboxylic acid groups (broad SMARTS) is 1. The van der Waals surface area contributed by atoms with Gasteiger partial charge in [-0.2, -0.15) is 0 Å². The molecule has 0 aliphatic rings. The molecule has 30 heavy (non-hydrogen) atoms. The number of carbonyl (C=O) groups is 1. The Bertz CT molecular complexity index is 1090. The average molecular weight is 410 g/mol. The van der Waals surface area contributed by atoms with Crippen LogP contribution in [0, 0.1) is 32.4 Å². The van der Waals surface area contributed by atoms with Crippen LogP contribution >= 0.6 is 0 Å². The van der Waals surface area contributed by atoms with Gasteiger partial charge in [0, 0.05) is 0 Å². The minimum Gasteiger partial charge on any atom is -0.482 e. The van der Waals surface area contributed by atoms with Crippen molar-refractivity contribution >= 4 is 5.97 Å². The van der Waals surface area contributed by atoms with Crippen LogP contribution in [0.15, 0.2) is 48.5 Å². The molecular formula is C25H24F2O3. The fourth-order valence-electron chi connectivity index (χ4n) is 3.59. The molecule has 0 saturated carbocycles. The van der Waals surface area contributed by atoms with Crippen LogP contribution in [0.3, 0.4) is 0 Å². The fraction of sp³-hybridized carbons (Fsp3) is 0.240. The lowest BCUT2D eigenvalue weighted by Gasteiger charge is -2.15. The van der Waals surface area contributed by atoms with Gasteiger partial charge in [-0.25, -0.2) is 13.6 Å². The maximum atomic E-state index is 14.5. The zero-order valence-electron chi connectivity index (χ0n) is 17.3. The molecule has 3 aromatic carbocycles. The first kappa shape index (κ1) is 21.5. The third kappa shape index (κ3) is 4.85. The number of rotatable bonds is 7. The fourth-order valence-corrected chi connectivity index (χ4v) is 3.59. The summed E-state index contributed by atoms with van der Waals surface area (Å²) >= 11 is 0. The second-order valence-corrected chi connectivity index (χ2v) is 7.42. The molecule has 0 aliphatic heterocycles. The SMILES string of the molecule is Cc1cc(-c2cccc(F)c2)cc(CCc2c(F)ccc(OCC(=O)O)c2C)c1C.